The highest BCUT2D eigenvalue weighted by molar-refractivity contribution is 6.28. The Balaban J connectivity index is 1.35. The Morgan fingerprint density at radius 2 is 1.89 bits per heavy atom. The summed E-state index contributed by atoms with van der Waals surface area (Å²) in [5.74, 6) is 1.56. The number of hydrogen-bond donors (Lipinski definition) is 0. The molecule has 0 N–H and O–H groups in total. The van der Waals surface area contributed by atoms with Crippen LogP contribution in [-0.4, -0.2) is 62.8 Å². The van der Waals surface area contributed by atoms with Gasteiger partial charge >= 0.3 is 6.18 Å². The van der Waals surface area contributed by atoms with E-state index in [1.807, 2.05) is 13.8 Å². The molecule has 0 saturated carbocycles. The van der Waals surface area contributed by atoms with E-state index >= 15 is 0 Å². The van der Waals surface area contributed by atoms with Gasteiger partial charge in [0, 0.05) is 38.3 Å². The monoisotopic (exact) mass is 522 g/mol. The molecule has 2 saturated heterocycles. The molecule has 0 aliphatic carbocycles. The lowest BCUT2D eigenvalue weighted by Crippen LogP contribution is -2.52. The van der Waals surface area contributed by atoms with Gasteiger partial charge in [-0.15, -0.1) is 0 Å². The van der Waals surface area contributed by atoms with Gasteiger partial charge in [-0.2, -0.15) is 23.1 Å². The quantitative estimate of drug-likeness (QED) is 0.426. The van der Waals surface area contributed by atoms with Crippen LogP contribution in [0.15, 0.2) is 24.3 Å². The number of fused-ring (bicyclic) bond motifs is 1. The predicted molar refractivity (Wildman–Crippen MR) is 132 cm³/mol. The molecule has 5 rings (SSSR count). The molecule has 0 amide bonds. The second kappa shape index (κ2) is 9.79. The molecule has 2 aliphatic rings. The number of imidazole rings is 1. The van der Waals surface area contributed by atoms with E-state index in [1.54, 1.807) is 12.1 Å². The van der Waals surface area contributed by atoms with Crippen molar-refractivity contribution < 1.29 is 17.9 Å². The number of nitrogens with zero attached hydrogens (tertiary/aromatic N) is 6. The zero-order chi connectivity index (χ0) is 25.6. The maximum Gasteiger partial charge on any atom is 0.416 e. The summed E-state index contributed by atoms with van der Waals surface area (Å²) in [6.45, 7) is 9.71. The van der Waals surface area contributed by atoms with Gasteiger partial charge in [0.25, 0.3) is 0 Å². The number of halogens is 4. The fourth-order valence-corrected chi connectivity index (χ4v) is 5.45. The van der Waals surface area contributed by atoms with Crippen LogP contribution in [0.1, 0.15) is 49.7 Å². The van der Waals surface area contributed by atoms with Gasteiger partial charge in [0.15, 0.2) is 17.0 Å². The Morgan fingerprint density at radius 3 is 2.53 bits per heavy atom. The van der Waals surface area contributed by atoms with Crippen molar-refractivity contribution in [3.05, 3.63) is 46.5 Å². The summed E-state index contributed by atoms with van der Waals surface area (Å²) in [5, 5.41) is 0.179. The first-order chi connectivity index (χ1) is 17.1. The van der Waals surface area contributed by atoms with E-state index in [-0.39, 0.29) is 23.5 Å². The van der Waals surface area contributed by atoms with Crippen LogP contribution in [0, 0.1) is 6.92 Å². The highest BCUT2D eigenvalue weighted by Gasteiger charge is 2.33. The molecule has 194 valence electrons. The van der Waals surface area contributed by atoms with Crippen LogP contribution in [-0.2, 0) is 17.5 Å². The second-order valence-corrected chi connectivity index (χ2v) is 10.1. The lowest BCUT2D eigenvalue weighted by molar-refractivity contribution is -0.137. The zero-order valence-corrected chi connectivity index (χ0v) is 21.4. The van der Waals surface area contributed by atoms with Gasteiger partial charge in [0.2, 0.25) is 5.28 Å². The molecule has 3 aromatic rings. The number of alkyl halides is 3. The van der Waals surface area contributed by atoms with Crippen molar-refractivity contribution in [1.29, 1.82) is 0 Å². The first-order valence-corrected chi connectivity index (χ1v) is 12.7. The first-order valence-electron chi connectivity index (χ1n) is 12.3. The van der Waals surface area contributed by atoms with E-state index in [0.717, 1.165) is 61.6 Å². The van der Waals surface area contributed by atoms with Gasteiger partial charge in [0.05, 0.1) is 18.2 Å². The number of hydrogen-bond acceptors (Lipinski definition) is 6. The molecular weight excluding hydrogens is 493 g/mol. The lowest BCUT2D eigenvalue weighted by atomic mass is 10.0. The summed E-state index contributed by atoms with van der Waals surface area (Å²) >= 11 is 6.38. The highest BCUT2D eigenvalue weighted by Crippen LogP contribution is 2.33. The van der Waals surface area contributed by atoms with Crippen molar-refractivity contribution in [2.45, 2.75) is 64.5 Å². The second-order valence-electron chi connectivity index (χ2n) is 9.73. The minimum atomic E-state index is -4.33. The Hall–Kier alpha value is -2.43. The first kappa shape index (κ1) is 25.2. The van der Waals surface area contributed by atoms with E-state index in [9.17, 15) is 13.2 Å². The third kappa shape index (κ3) is 4.90. The van der Waals surface area contributed by atoms with E-state index in [4.69, 9.17) is 21.3 Å². The van der Waals surface area contributed by atoms with E-state index in [0.29, 0.717) is 24.6 Å². The molecular formula is C25H30ClF3N6O. The molecule has 2 aliphatic heterocycles. The predicted octanol–water partition coefficient (Wildman–Crippen LogP) is 5.26. The van der Waals surface area contributed by atoms with E-state index < -0.39 is 11.7 Å². The lowest BCUT2D eigenvalue weighted by Gasteiger charge is -2.43. The summed E-state index contributed by atoms with van der Waals surface area (Å²) in [6.07, 6.45) is -2.11. The molecule has 4 heterocycles. The van der Waals surface area contributed by atoms with Gasteiger partial charge in [-0.3, -0.25) is 4.90 Å². The van der Waals surface area contributed by atoms with Crippen molar-refractivity contribution in [2.75, 3.05) is 31.1 Å². The Kier molecular flexibility index (Phi) is 6.86. The van der Waals surface area contributed by atoms with Crippen LogP contribution in [0.25, 0.3) is 11.2 Å². The summed E-state index contributed by atoms with van der Waals surface area (Å²) < 4.78 is 46.7. The van der Waals surface area contributed by atoms with Crippen LogP contribution in [0.3, 0.4) is 0 Å². The van der Waals surface area contributed by atoms with Crippen LogP contribution < -0.4 is 4.90 Å². The van der Waals surface area contributed by atoms with Crippen molar-refractivity contribution in [2.24, 2.45) is 0 Å². The van der Waals surface area contributed by atoms with Crippen molar-refractivity contribution in [1.82, 2.24) is 24.4 Å². The van der Waals surface area contributed by atoms with Crippen LogP contribution in [0.2, 0.25) is 5.28 Å². The van der Waals surface area contributed by atoms with E-state index in [1.165, 1.54) is 0 Å². The summed E-state index contributed by atoms with van der Waals surface area (Å²) in [6, 6.07) is 5.52. The fraction of sp³-hybridized carbons (Fsp3) is 0.560. The Morgan fingerprint density at radius 1 is 1.14 bits per heavy atom. The molecule has 36 heavy (non-hydrogen) atoms. The Labute approximate surface area is 213 Å². The molecule has 1 aromatic carbocycles. The van der Waals surface area contributed by atoms with Gasteiger partial charge < -0.3 is 14.2 Å². The molecule has 0 bridgehead atoms. The minimum Gasteiger partial charge on any atom is -0.376 e. The fourth-order valence-electron chi connectivity index (χ4n) is 5.29. The maximum atomic E-state index is 12.9. The van der Waals surface area contributed by atoms with Gasteiger partial charge in [0.1, 0.15) is 5.82 Å². The standard InChI is InChI=1S/C25H30ClF3N6O/c1-15-13-33(16(2)18-6-8-19(9-7-18)25(27,28)29)10-11-34(15)22-21-23(32-24(26)31-22)35(17(3)30-21)14-20-5-4-12-36-20/h6-9,15-16,20H,4-5,10-14H2,1-3H3. The third-order valence-electron chi connectivity index (χ3n) is 7.35. The normalized spacial score (nSPS) is 22.5. The number of aryl methyl sites for hydroxylation is 1. The molecule has 2 fully saturated rings. The molecule has 7 nitrogen and oxygen atoms in total. The maximum absolute atomic E-state index is 12.9. The summed E-state index contributed by atoms with van der Waals surface area (Å²) in [4.78, 5) is 18.4. The van der Waals surface area contributed by atoms with Crippen LogP contribution >= 0.6 is 11.6 Å². The molecule has 3 atom stereocenters. The third-order valence-corrected chi connectivity index (χ3v) is 7.52. The largest absolute Gasteiger partial charge is 0.416 e. The average molecular weight is 523 g/mol. The summed E-state index contributed by atoms with van der Waals surface area (Å²) in [5.41, 5.74) is 1.67. The smallest absolute Gasteiger partial charge is 0.376 e. The van der Waals surface area contributed by atoms with Crippen molar-refractivity contribution in [3.8, 4) is 0 Å². The van der Waals surface area contributed by atoms with Gasteiger partial charge in [-0.25, -0.2) is 4.98 Å². The van der Waals surface area contributed by atoms with Crippen LogP contribution in [0.4, 0.5) is 19.0 Å². The molecule has 11 heteroatoms. The minimum absolute atomic E-state index is 0.0150. The van der Waals surface area contributed by atoms with E-state index in [2.05, 4.69) is 31.3 Å². The number of rotatable bonds is 5. The van der Waals surface area contributed by atoms with Gasteiger partial charge in [-0.05, 0) is 62.9 Å². The number of piperazine rings is 1. The van der Waals surface area contributed by atoms with Crippen molar-refractivity contribution in [3.63, 3.8) is 0 Å². The SMILES string of the molecule is Cc1nc2c(N3CCN(C(C)c4ccc(C(F)(F)F)cc4)CC3C)nc(Cl)nc2n1CC1CCCO1. The molecule has 3 unspecified atom stereocenters. The number of aromatic nitrogens is 4. The molecule has 0 radical (unpaired) electrons. The van der Waals surface area contributed by atoms with Crippen LogP contribution in [0.5, 0.6) is 0 Å². The number of anilines is 1. The number of benzene rings is 1. The highest BCUT2D eigenvalue weighted by atomic mass is 35.5. The average Bonchev–Trinajstić information content (AvgIpc) is 3.46. The number of ether oxygens (including phenoxy) is 1. The zero-order valence-electron chi connectivity index (χ0n) is 20.6. The summed E-state index contributed by atoms with van der Waals surface area (Å²) in [7, 11) is 0. The molecule has 0 spiro atoms. The van der Waals surface area contributed by atoms with Crippen molar-refractivity contribution >= 4 is 28.6 Å². The molecule has 2 aromatic heterocycles. The topological polar surface area (TPSA) is 59.3 Å². The van der Waals surface area contributed by atoms with Gasteiger partial charge in [-0.1, -0.05) is 12.1 Å². The Bertz CT molecular complexity index is 1230.